The van der Waals surface area contributed by atoms with Crippen molar-refractivity contribution in [2.24, 2.45) is 0 Å². The van der Waals surface area contributed by atoms with Crippen molar-refractivity contribution in [3.05, 3.63) is 188 Å². The molecule has 1 aromatic heterocycles. The van der Waals surface area contributed by atoms with E-state index in [4.69, 9.17) is 9.47 Å². The minimum absolute atomic E-state index is 0.0103. The van der Waals surface area contributed by atoms with Gasteiger partial charge in [0.25, 0.3) is 6.71 Å². The van der Waals surface area contributed by atoms with Crippen LogP contribution in [0.2, 0.25) is 0 Å². The van der Waals surface area contributed by atoms with Crippen LogP contribution in [-0.2, 0) is 0 Å². The van der Waals surface area contributed by atoms with E-state index in [0.717, 1.165) is 73.0 Å². The SMILES string of the molecule is c1ccc(N(c2ccc3c(ccc4c5cc6c(cc5n(-c5ccccc5)c34)B3c4ccccc4Oc4cccc(c43)O6)c2)c2cccc3ccccc23)cc1. The Morgan fingerprint density at radius 1 is 0.418 bits per heavy atom. The molecule has 55 heavy (non-hydrogen) atoms. The molecule has 0 bridgehead atoms. The molecule has 0 atom stereocenters. The summed E-state index contributed by atoms with van der Waals surface area (Å²) in [5.74, 6) is 3.48. The van der Waals surface area contributed by atoms with E-state index < -0.39 is 0 Å². The fourth-order valence-electron chi connectivity index (χ4n) is 9.08. The molecule has 4 nitrogen and oxygen atoms in total. The van der Waals surface area contributed by atoms with Crippen molar-refractivity contribution in [2.45, 2.75) is 0 Å². The number of rotatable bonds is 4. The van der Waals surface area contributed by atoms with E-state index in [1.165, 1.54) is 32.4 Å². The van der Waals surface area contributed by atoms with Gasteiger partial charge in [0.1, 0.15) is 23.0 Å². The van der Waals surface area contributed by atoms with Crippen molar-refractivity contribution in [1.29, 1.82) is 0 Å². The van der Waals surface area contributed by atoms with Gasteiger partial charge in [0.2, 0.25) is 0 Å². The Morgan fingerprint density at radius 3 is 1.98 bits per heavy atom. The van der Waals surface area contributed by atoms with Crippen molar-refractivity contribution >= 4 is 83.5 Å². The normalized spacial score (nSPS) is 12.6. The summed E-state index contributed by atoms with van der Waals surface area (Å²) in [6.45, 7) is -0.0103. The fraction of sp³-hybridized carbons (Fsp3) is 0. The van der Waals surface area contributed by atoms with Gasteiger partial charge >= 0.3 is 0 Å². The van der Waals surface area contributed by atoms with Crippen LogP contribution in [0.4, 0.5) is 17.1 Å². The van der Waals surface area contributed by atoms with Gasteiger partial charge < -0.3 is 18.9 Å². The van der Waals surface area contributed by atoms with E-state index in [-0.39, 0.29) is 6.71 Å². The fourth-order valence-corrected chi connectivity index (χ4v) is 9.08. The lowest BCUT2D eigenvalue weighted by Crippen LogP contribution is -2.57. The van der Waals surface area contributed by atoms with Crippen LogP contribution in [0.15, 0.2) is 188 Å². The zero-order valence-corrected chi connectivity index (χ0v) is 29.7. The molecule has 0 amide bonds. The second-order valence-electron chi connectivity index (χ2n) is 14.5. The number of anilines is 3. The Labute approximate surface area is 318 Å². The average Bonchev–Trinajstić information content (AvgIpc) is 3.57. The summed E-state index contributed by atoms with van der Waals surface area (Å²) in [7, 11) is 0. The van der Waals surface area contributed by atoms with E-state index in [1.807, 2.05) is 12.1 Å². The first-order valence-electron chi connectivity index (χ1n) is 18.8. The molecule has 0 fully saturated rings. The standard InChI is InChI=1S/C50H31BN2O2/c1-3-15-34(16-4-1)52(43-21-11-14-32-13-7-8-19-37(32)43)36-26-28-38-33(29-36)25-27-39-40-30-48-42(31-44(40)53(50(38)39)35-17-5-2-6-18-35)51-41-20-9-10-22-45(41)54-46-23-12-24-47(55-48)49(46)51/h1-31H. The van der Waals surface area contributed by atoms with Gasteiger partial charge in [0, 0.05) is 44.1 Å². The van der Waals surface area contributed by atoms with Crippen LogP contribution in [-0.4, -0.2) is 11.3 Å². The lowest BCUT2D eigenvalue weighted by atomic mass is 9.35. The summed E-state index contributed by atoms with van der Waals surface area (Å²) in [6, 6.07) is 67.2. The van der Waals surface area contributed by atoms with E-state index in [2.05, 4.69) is 185 Å². The van der Waals surface area contributed by atoms with Crippen LogP contribution in [0.1, 0.15) is 0 Å². The number of hydrogen-bond acceptors (Lipinski definition) is 3. The number of para-hydroxylation sites is 3. The predicted molar refractivity (Wildman–Crippen MR) is 228 cm³/mol. The highest BCUT2D eigenvalue weighted by Crippen LogP contribution is 2.44. The first-order chi connectivity index (χ1) is 27.3. The van der Waals surface area contributed by atoms with E-state index in [1.54, 1.807) is 0 Å². The third-order valence-electron chi connectivity index (χ3n) is 11.4. The van der Waals surface area contributed by atoms with Crippen LogP contribution in [0.5, 0.6) is 23.0 Å². The molecule has 5 heteroatoms. The predicted octanol–water partition coefficient (Wildman–Crippen LogP) is 11.3. The Morgan fingerprint density at radius 2 is 1.11 bits per heavy atom. The van der Waals surface area contributed by atoms with Gasteiger partial charge in [0.15, 0.2) is 0 Å². The smallest absolute Gasteiger partial charge is 0.260 e. The summed E-state index contributed by atoms with van der Waals surface area (Å²) in [4.78, 5) is 2.38. The van der Waals surface area contributed by atoms with Crippen LogP contribution < -0.4 is 30.8 Å². The van der Waals surface area contributed by atoms with E-state index in [0.29, 0.717) is 0 Å². The Balaban J connectivity index is 1.12. The molecule has 0 unspecified atom stereocenters. The monoisotopic (exact) mass is 702 g/mol. The second kappa shape index (κ2) is 11.6. The Kier molecular flexibility index (Phi) is 6.40. The number of nitrogens with zero attached hydrogens (tertiary/aromatic N) is 2. The highest BCUT2D eigenvalue weighted by atomic mass is 16.5. The first-order valence-corrected chi connectivity index (χ1v) is 18.8. The quantitative estimate of drug-likeness (QED) is 0.171. The Bertz CT molecular complexity index is 3170. The molecule has 0 spiro atoms. The molecule has 2 aliphatic heterocycles. The van der Waals surface area contributed by atoms with Crippen LogP contribution >= 0.6 is 0 Å². The van der Waals surface area contributed by atoms with Crippen molar-refractivity contribution in [3.8, 4) is 28.7 Å². The van der Waals surface area contributed by atoms with Gasteiger partial charge in [-0.2, -0.15) is 0 Å². The molecule has 3 heterocycles. The molecule has 256 valence electrons. The molecule has 0 saturated heterocycles. The van der Waals surface area contributed by atoms with Crippen molar-refractivity contribution in [1.82, 2.24) is 4.57 Å². The molecule has 10 aromatic rings. The van der Waals surface area contributed by atoms with Crippen molar-refractivity contribution < 1.29 is 9.47 Å². The topological polar surface area (TPSA) is 26.6 Å². The molecule has 12 rings (SSSR count). The molecular weight excluding hydrogens is 671 g/mol. The third-order valence-corrected chi connectivity index (χ3v) is 11.4. The molecule has 0 N–H and O–H groups in total. The third kappa shape index (κ3) is 4.47. The molecule has 2 aliphatic rings. The molecule has 0 radical (unpaired) electrons. The number of benzene rings is 9. The van der Waals surface area contributed by atoms with Gasteiger partial charge in [-0.1, -0.05) is 115 Å². The summed E-state index contributed by atoms with van der Waals surface area (Å²) < 4.78 is 15.6. The maximum Gasteiger partial charge on any atom is 0.260 e. The van der Waals surface area contributed by atoms with Gasteiger partial charge in [-0.25, -0.2) is 0 Å². The maximum absolute atomic E-state index is 6.76. The van der Waals surface area contributed by atoms with E-state index in [9.17, 15) is 0 Å². The summed E-state index contributed by atoms with van der Waals surface area (Å²) in [5, 5.41) is 7.12. The Hall–Kier alpha value is -7.24. The van der Waals surface area contributed by atoms with Crippen LogP contribution in [0, 0.1) is 0 Å². The number of ether oxygens (including phenoxy) is 2. The molecule has 0 saturated carbocycles. The minimum Gasteiger partial charge on any atom is -0.458 e. The lowest BCUT2D eigenvalue weighted by molar-refractivity contribution is 0.465. The highest BCUT2D eigenvalue weighted by molar-refractivity contribution is 6.98. The second-order valence-corrected chi connectivity index (χ2v) is 14.5. The summed E-state index contributed by atoms with van der Waals surface area (Å²) in [6.07, 6.45) is 0. The molecule has 0 aliphatic carbocycles. The largest absolute Gasteiger partial charge is 0.458 e. The van der Waals surface area contributed by atoms with Gasteiger partial charge in [-0.05, 0) is 94.5 Å². The van der Waals surface area contributed by atoms with Gasteiger partial charge in [-0.3, -0.25) is 0 Å². The van der Waals surface area contributed by atoms with Crippen molar-refractivity contribution in [3.63, 3.8) is 0 Å². The zero-order valence-electron chi connectivity index (χ0n) is 29.7. The zero-order chi connectivity index (χ0) is 36.0. The summed E-state index contributed by atoms with van der Waals surface area (Å²) >= 11 is 0. The van der Waals surface area contributed by atoms with Gasteiger partial charge in [-0.15, -0.1) is 0 Å². The summed E-state index contributed by atoms with van der Waals surface area (Å²) in [5.41, 5.74) is 10.2. The first kappa shape index (κ1) is 30.2. The van der Waals surface area contributed by atoms with Crippen LogP contribution in [0.25, 0.3) is 49.0 Å². The van der Waals surface area contributed by atoms with Crippen molar-refractivity contribution in [2.75, 3.05) is 4.90 Å². The minimum atomic E-state index is -0.0103. The molecular formula is C50H31BN2O2. The maximum atomic E-state index is 6.76. The number of hydrogen-bond donors (Lipinski definition) is 0. The van der Waals surface area contributed by atoms with Gasteiger partial charge in [0.05, 0.1) is 16.7 Å². The average molecular weight is 703 g/mol. The number of fused-ring (bicyclic) bond motifs is 10. The van der Waals surface area contributed by atoms with E-state index >= 15 is 0 Å². The number of aromatic nitrogens is 1. The van der Waals surface area contributed by atoms with Crippen LogP contribution in [0.3, 0.4) is 0 Å². The highest BCUT2D eigenvalue weighted by Gasteiger charge is 2.40. The molecule has 9 aromatic carbocycles. The lowest BCUT2D eigenvalue weighted by Gasteiger charge is -2.32.